The lowest BCUT2D eigenvalue weighted by Gasteiger charge is -2.12. The summed E-state index contributed by atoms with van der Waals surface area (Å²) in [5.41, 5.74) is 0.314. The molecule has 0 heterocycles. The Morgan fingerprint density at radius 3 is 2.24 bits per heavy atom. The van der Waals surface area contributed by atoms with Gasteiger partial charge in [0.25, 0.3) is 17.5 Å². The summed E-state index contributed by atoms with van der Waals surface area (Å²) >= 11 is 24.3. The molecule has 9 nitrogen and oxygen atoms in total. The van der Waals surface area contributed by atoms with E-state index in [1.165, 1.54) is 48.5 Å². The maximum absolute atomic E-state index is 12.5. The standard InChI is InChI=1S/C24H14Cl4N4O5/c25-18-5-4-16(10-19(18)26)30-22(33)12-37-23-20(27)7-13(8-21(23)28)6-14(11-29)24(34)31-15-2-1-3-17(9-15)32(35)36/h1-10H,12H2,(H,30,33)(H,31,34)/b14-6-. The highest BCUT2D eigenvalue weighted by Crippen LogP contribution is 2.35. The predicted octanol–water partition coefficient (Wildman–Crippen LogP) is 6.77. The van der Waals surface area contributed by atoms with Crippen LogP contribution >= 0.6 is 46.4 Å². The molecule has 0 radical (unpaired) electrons. The van der Waals surface area contributed by atoms with E-state index in [0.29, 0.717) is 16.3 Å². The Kier molecular flexibility index (Phi) is 9.33. The highest BCUT2D eigenvalue weighted by Gasteiger charge is 2.15. The summed E-state index contributed by atoms with van der Waals surface area (Å²) in [6.07, 6.45) is 1.23. The number of amides is 2. The maximum Gasteiger partial charge on any atom is 0.271 e. The molecule has 3 rings (SSSR count). The van der Waals surface area contributed by atoms with Crippen LogP contribution in [0.5, 0.6) is 5.75 Å². The van der Waals surface area contributed by atoms with Crippen molar-refractivity contribution in [3.63, 3.8) is 0 Å². The zero-order chi connectivity index (χ0) is 27.1. The number of hydrogen-bond acceptors (Lipinski definition) is 6. The van der Waals surface area contributed by atoms with Gasteiger partial charge in [-0.05, 0) is 48.0 Å². The second-order valence-electron chi connectivity index (χ2n) is 7.21. The average Bonchev–Trinajstić information content (AvgIpc) is 2.84. The minimum Gasteiger partial charge on any atom is -0.481 e. The fraction of sp³-hybridized carbons (Fsp3) is 0.0417. The highest BCUT2D eigenvalue weighted by molar-refractivity contribution is 6.42. The average molecular weight is 580 g/mol. The van der Waals surface area contributed by atoms with E-state index in [-0.39, 0.29) is 37.8 Å². The van der Waals surface area contributed by atoms with Gasteiger partial charge in [0.2, 0.25) is 0 Å². The zero-order valence-electron chi connectivity index (χ0n) is 18.4. The number of carbonyl (C=O) groups excluding carboxylic acids is 2. The summed E-state index contributed by atoms with van der Waals surface area (Å²) in [5, 5.41) is 26.0. The third-order valence-electron chi connectivity index (χ3n) is 4.56. The molecule has 0 atom stereocenters. The van der Waals surface area contributed by atoms with Crippen molar-refractivity contribution in [2.45, 2.75) is 0 Å². The van der Waals surface area contributed by atoms with Crippen molar-refractivity contribution in [2.24, 2.45) is 0 Å². The summed E-state index contributed by atoms with van der Waals surface area (Å²) in [5.74, 6) is -1.29. The summed E-state index contributed by atoms with van der Waals surface area (Å²) in [6, 6.07) is 14.4. The van der Waals surface area contributed by atoms with Crippen molar-refractivity contribution in [3.8, 4) is 11.8 Å². The second-order valence-corrected chi connectivity index (χ2v) is 8.84. The van der Waals surface area contributed by atoms with Gasteiger partial charge in [-0.15, -0.1) is 0 Å². The smallest absolute Gasteiger partial charge is 0.271 e. The van der Waals surface area contributed by atoms with Crippen LogP contribution in [-0.2, 0) is 9.59 Å². The van der Waals surface area contributed by atoms with Crippen LogP contribution in [0.3, 0.4) is 0 Å². The van der Waals surface area contributed by atoms with Crippen LogP contribution in [0.4, 0.5) is 17.1 Å². The van der Waals surface area contributed by atoms with Crippen LogP contribution in [0.1, 0.15) is 5.56 Å². The molecule has 3 aromatic rings. The van der Waals surface area contributed by atoms with E-state index in [2.05, 4.69) is 10.6 Å². The molecular weight excluding hydrogens is 566 g/mol. The van der Waals surface area contributed by atoms with Gasteiger partial charge in [0.15, 0.2) is 12.4 Å². The molecule has 3 aromatic carbocycles. The van der Waals surface area contributed by atoms with Gasteiger partial charge in [-0.2, -0.15) is 5.26 Å². The second kappa shape index (κ2) is 12.4. The Morgan fingerprint density at radius 2 is 1.62 bits per heavy atom. The van der Waals surface area contributed by atoms with E-state index in [0.717, 1.165) is 6.07 Å². The van der Waals surface area contributed by atoms with E-state index >= 15 is 0 Å². The molecule has 188 valence electrons. The minimum atomic E-state index is -0.797. The van der Waals surface area contributed by atoms with Crippen LogP contribution < -0.4 is 15.4 Å². The van der Waals surface area contributed by atoms with Crippen LogP contribution in [0.15, 0.2) is 60.2 Å². The van der Waals surface area contributed by atoms with Crippen LogP contribution in [0.2, 0.25) is 20.1 Å². The molecule has 0 aromatic heterocycles. The van der Waals surface area contributed by atoms with E-state index in [9.17, 15) is 25.0 Å². The molecule has 0 unspecified atom stereocenters. The van der Waals surface area contributed by atoms with Gasteiger partial charge in [-0.25, -0.2) is 0 Å². The summed E-state index contributed by atoms with van der Waals surface area (Å²) < 4.78 is 5.44. The molecule has 37 heavy (non-hydrogen) atoms. The monoisotopic (exact) mass is 578 g/mol. The molecule has 0 fully saturated rings. The van der Waals surface area contributed by atoms with Crippen molar-refractivity contribution in [1.29, 1.82) is 5.26 Å². The largest absolute Gasteiger partial charge is 0.481 e. The first-order chi connectivity index (χ1) is 17.6. The Hall–Kier alpha value is -3.81. The Bertz CT molecular complexity index is 1450. The molecule has 0 bridgehead atoms. The fourth-order valence-electron chi connectivity index (χ4n) is 2.92. The molecule has 0 aliphatic rings. The van der Waals surface area contributed by atoms with Gasteiger partial charge in [0.1, 0.15) is 11.6 Å². The summed E-state index contributed by atoms with van der Waals surface area (Å²) in [6.45, 7) is -0.427. The van der Waals surface area contributed by atoms with Crippen LogP contribution in [0, 0.1) is 21.4 Å². The molecule has 0 saturated carbocycles. The first-order valence-electron chi connectivity index (χ1n) is 10.1. The van der Waals surface area contributed by atoms with Gasteiger partial charge in [-0.1, -0.05) is 52.5 Å². The molecule has 13 heteroatoms. The number of anilines is 2. The molecule has 0 spiro atoms. The first kappa shape index (κ1) is 27.8. The lowest BCUT2D eigenvalue weighted by Crippen LogP contribution is -2.20. The highest BCUT2D eigenvalue weighted by atomic mass is 35.5. The number of carbonyl (C=O) groups is 2. The minimum absolute atomic E-state index is 0.0179. The number of non-ortho nitro benzene ring substituents is 1. The Labute approximate surface area is 230 Å². The molecular formula is C24H14Cl4N4O5. The van der Waals surface area contributed by atoms with Crippen molar-refractivity contribution in [1.82, 2.24) is 0 Å². The van der Waals surface area contributed by atoms with Crippen molar-refractivity contribution in [3.05, 3.63) is 95.9 Å². The number of halogens is 4. The fourth-order valence-corrected chi connectivity index (χ4v) is 3.83. The Balaban J connectivity index is 1.70. The van der Waals surface area contributed by atoms with Gasteiger partial charge in [-0.3, -0.25) is 19.7 Å². The van der Waals surface area contributed by atoms with E-state index in [4.69, 9.17) is 51.1 Å². The number of nitrogens with one attached hydrogen (secondary N) is 2. The third-order valence-corrected chi connectivity index (χ3v) is 5.86. The van der Waals surface area contributed by atoms with Crippen molar-refractivity contribution in [2.75, 3.05) is 17.2 Å². The quantitative estimate of drug-likeness (QED) is 0.131. The van der Waals surface area contributed by atoms with Gasteiger partial charge in [0, 0.05) is 23.5 Å². The number of ether oxygens (including phenoxy) is 1. The van der Waals surface area contributed by atoms with Gasteiger partial charge in [0.05, 0.1) is 25.0 Å². The number of nitrogens with zero attached hydrogens (tertiary/aromatic N) is 2. The van der Waals surface area contributed by atoms with Crippen molar-refractivity contribution < 1.29 is 19.2 Å². The van der Waals surface area contributed by atoms with Gasteiger partial charge >= 0.3 is 0 Å². The SMILES string of the molecule is N#C/C(=C/c1cc(Cl)c(OCC(=O)Nc2ccc(Cl)c(Cl)c2)c(Cl)c1)C(=O)Nc1cccc([N+](=O)[O-])c1. The summed E-state index contributed by atoms with van der Waals surface area (Å²) in [4.78, 5) is 35.0. The lowest BCUT2D eigenvalue weighted by molar-refractivity contribution is -0.384. The zero-order valence-corrected chi connectivity index (χ0v) is 21.5. The topological polar surface area (TPSA) is 134 Å². The molecule has 2 N–H and O–H groups in total. The summed E-state index contributed by atoms with van der Waals surface area (Å²) in [7, 11) is 0. The number of hydrogen-bond donors (Lipinski definition) is 2. The van der Waals surface area contributed by atoms with Crippen LogP contribution in [0.25, 0.3) is 6.08 Å². The lowest BCUT2D eigenvalue weighted by atomic mass is 10.1. The first-order valence-corrected chi connectivity index (χ1v) is 11.6. The molecule has 0 saturated heterocycles. The number of nitro benzene ring substituents is 1. The number of nitro groups is 1. The molecule has 2 amide bonds. The third kappa shape index (κ3) is 7.59. The number of rotatable bonds is 8. The van der Waals surface area contributed by atoms with Crippen molar-refractivity contribution >= 4 is 81.4 Å². The number of benzene rings is 3. The maximum atomic E-state index is 12.5. The van der Waals surface area contributed by atoms with Gasteiger partial charge < -0.3 is 15.4 Å². The van der Waals surface area contributed by atoms with E-state index in [1.54, 1.807) is 12.1 Å². The normalized spacial score (nSPS) is 10.8. The van der Waals surface area contributed by atoms with Crippen LogP contribution in [-0.4, -0.2) is 23.3 Å². The number of nitriles is 1. The molecule has 0 aliphatic carbocycles. The molecule has 0 aliphatic heterocycles. The Morgan fingerprint density at radius 1 is 0.946 bits per heavy atom. The van der Waals surface area contributed by atoms with E-state index < -0.39 is 23.3 Å². The predicted molar refractivity (Wildman–Crippen MR) is 142 cm³/mol. The van der Waals surface area contributed by atoms with E-state index in [1.807, 2.05) is 0 Å².